The van der Waals surface area contributed by atoms with Crippen molar-refractivity contribution in [2.45, 2.75) is 13.8 Å². The van der Waals surface area contributed by atoms with Crippen molar-refractivity contribution in [3.8, 4) is 5.75 Å². The summed E-state index contributed by atoms with van der Waals surface area (Å²) in [5.41, 5.74) is 8.47. The molecule has 0 atom stereocenters. The zero-order valence-electron chi connectivity index (χ0n) is 19.7. The number of nitrogens with one attached hydrogen (secondary N) is 1. The maximum atomic E-state index is 13.3. The molecule has 1 heterocycles. The molecule has 1 N–H and O–H groups in total. The number of allylic oxidation sites excluding steroid dienone is 3. The minimum atomic E-state index is -0.273. The van der Waals surface area contributed by atoms with E-state index >= 15 is 0 Å². The van der Waals surface area contributed by atoms with E-state index < -0.39 is 0 Å². The summed E-state index contributed by atoms with van der Waals surface area (Å²) in [5, 5.41) is 3.28. The van der Waals surface area contributed by atoms with Crippen LogP contribution >= 0.6 is 0 Å². The third-order valence-electron chi connectivity index (χ3n) is 5.81. The molecule has 3 nitrogen and oxygen atoms in total. The van der Waals surface area contributed by atoms with Gasteiger partial charge in [-0.25, -0.2) is 4.39 Å². The lowest BCUT2D eigenvalue weighted by molar-refractivity contribution is 0.338. The van der Waals surface area contributed by atoms with Crippen LogP contribution in [0, 0.1) is 12.7 Å². The number of nitrogens with zero attached hydrogens (tertiary/aromatic N) is 1. The van der Waals surface area contributed by atoms with Crippen molar-refractivity contribution in [3.05, 3.63) is 126 Å². The van der Waals surface area contributed by atoms with Crippen LogP contribution in [0.4, 0.5) is 15.8 Å². The molecule has 0 saturated carbocycles. The van der Waals surface area contributed by atoms with Gasteiger partial charge in [0.25, 0.3) is 0 Å². The number of rotatable bonds is 8. The van der Waals surface area contributed by atoms with E-state index in [1.165, 1.54) is 12.1 Å². The molecule has 0 spiro atoms. The lowest BCUT2D eigenvalue weighted by atomic mass is 9.87. The van der Waals surface area contributed by atoms with Crippen molar-refractivity contribution in [2.24, 2.45) is 0 Å². The van der Waals surface area contributed by atoms with E-state index in [9.17, 15) is 4.39 Å². The Labute approximate surface area is 201 Å². The summed E-state index contributed by atoms with van der Waals surface area (Å²) in [6.07, 6.45) is 2.07. The van der Waals surface area contributed by atoms with Crippen LogP contribution < -0.4 is 15.0 Å². The Bertz CT molecular complexity index is 1270. The molecule has 0 bridgehead atoms. The van der Waals surface area contributed by atoms with E-state index in [1.54, 1.807) is 12.1 Å². The molecule has 1 aliphatic rings. The molecule has 0 radical (unpaired) electrons. The van der Waals surface area contributed by atoms with Gasteiger partial charge in [-0.05, 0) is 66.5 Å². The first-order chi connectivity index (χ1) is 16.4. The second-order valence-corrected chi connectivity index (χ2v) is 8.30. The molecule has 0 amide bonds. The monoisotopic (exact) mass is 452 g/mol. The van der Waals surface area contributed by atoms with Gasteiger partial charge in [0.05, 0.1) is 18.8 Å². The fourth-order valence-electron chi connectivity index (χ4n) is 4.08. The molecular weight excluding hydrogens is 423 g/mol. The van der Waals surface area contributed by atoms with E-state index in [0.29, 0.717) is 13.2 Å². The van der Waals surface area contributed by atoms with E-state index in [4.69, 9.17) is 4.74 Å². The Hall–Kier alpha value is -4.05. The van der Waals surface area contributed by atoms with E-state index in [0.717, 1.165) is 56.2 Å². The van der Waals surface area contributed by atoms with Crippen molar-refractivity contribution in [1.82, 2.24) is 0 Å². The number of hydrogen-bond acceptors (Lipinski definition) is 3. The topological polar surface area (TPSA) is 24.5 Å². The molecular formula is C30H29FN2O. The molecule has 3 aromatic carbocycles. The number of hydrogen-bond donors (Lipinski definition) is 1. The van der Waals surface area contributed by atoms with Crippen LogP contribution in [-0.2, 0) is 0 Å². The number of benzene rings is 3. The Morgan fingerprint density at radius 2 is 1.74 bits per heavy atom. The SMILES string of the molecule is C=C(CN1C=C(C(=C)c2ccccc2)C(=C)c2cc(C)c(OCC)cc21)Nc1ccc(F)cc1. The zero-order valence-corrected chi connectivity index (χ0v) is 19.7. The third kappa shape index (κ3) is 4.81. The summed E-state index contributed by atoms with van der Waals surface area (Å²) >= 11 is 0. The van der Waals surface area contributed by atoms with Gasteiger partial charge in [-0.3, -0.25) is 0 Å². The largest absolute Gasteiger partial charge is 0.494 e. The summed E-state index contributed by atoms with van der Waals surface area (Å²) in [4.78, 5) is 2.13. The molecule has 0 aromatic heterocycles. The molecule has 4 heteroatoms. The van der Waals surface area contributed by atoms with Crippen molar-refractivity contribution in [3.63, 3.8) is 0 Å². The molecule has 0 aliphatic carbocycles. The van der Waals surface area contributed by atoms with E-state index in [2.05, 4.69) is 60.4 Å². The maximum Gasteiger partial charge on any atom is 0.124 e. The van der Waals surface area contributed by atoms with Crippen LogP contribution in [0.1, 0.15) is 23.6 Å². The average molecular weight is 453 g/mol. The quantitative estimate of drug-likeness (QED) is 0.381. The van der Waals surface area contributed by atoms with Gasteiger partial charge in [0.1, 0.15) is 11.6 Å². The summed E-state index contributed by atoms with van der Waals surface area (Å²) in [7, 11) is 0. The van der Waals surface area contributed by atoms with Crippen molar-refractivity contribution in [2.75, 3.05) is 23.4 Å². The lowest BCUT2D eigenvalue weighted by Gasteiger charge is -2.33. The number of ether oxygens (including phenoxy) is 1. The van der Waals surface area contributed by atoms with Crippen LogP contribution in [0.5, 0.6) is 5.75 Å². The van der Waals surface area contributed by atoms with E-state index in [-0.39, 0.29) is 5.82 Å². The zero-order chi connectivity index (χ0) is 24.2. The maximum absolute atomic E-state index is 13.3. The molecule has 0 saturated heterocycles. The molecule has 0 fully saturated rings. The minimum Gasteiger partial charge on any atom is -0.494 e. The highest BCUT2D eigenvalue weighted by Gasteiger charge is 2.25. The van der Waals surface area contributed by atoms with Crippen LogP contribution in [0.2, 0.25) is 0 Å². The predicted molar refractivity (Wildman–Crippen MR) is 141 cm³/mol. The Balaban J connectivity index is 1.71. The number of fused-ring (bicyclic) bond motifs is 1. The highest BCUT2D eigenvalue weighted by atomic mass is 19.1. The minimum absolute atomic E-state index is 0.273. The van der Waals surface area contributed by atoms with Crippen molar-refractivity contribution < 1.29 is 9.13 Å². The van der Waals surface area contributed by atoms with Gasteiger partial charge in [0, 0.05) is 34.8 Å². The standard InChI is InChI=1S/C30H29FN2O/c1-6-34-30-17-29-27(16-20(30)2)23(5)28(22(4)24-10-8-7-9-11-24)19-33(29)18-21(3)32-26-14-12-25(31)13-15-26/h7-17,19,32H,3-6,18H2,1-2H3. The smallest absolute Gasteiger partial charge is 0.124 e. The van der Waals surface area contributed by atoms with Gasteiger partial charge in [0.2, 0.25) is 0 Å². The summed E-state index contributed by atoms with van der Waals surface area (Å²) in [6, 6.07) is 20.5. The van der Waals surface area contributed by atoms with Gasteiger partial charge in [-0.2, -0.15) is 0 Å². The van der Waals surface area contributed by atoms with Gasteiger partial charge in [-0.1, -0.05) is 50.1 Å². The van der Waals surface area contributed by atoms with Crippen LogP contribution in [0.3, 0.4) is 0 Å². The highest BCUT2D eigenvalue weighted by Crippen LogP contribution is 2.44. The predicted octanol–water partition coefficient (Wildman–Crippen LogP) is 7.59. The Morgan fingerprint density at radius 3 is 2.41 bits per heavy atom. The first kappa shape index (κ1) is 23.1. The van der Waals surface area contributed by atoms with Crippen LogP contribution in [0.25, 0.3) is 11.1 Å². The molecule has 4 rings (SSSR count). The second-order valence-electron chi connectivity index (χ2n) is 8.30. The molecule has 34 heavy (non-hydrogen) atoms. The van der Waals surface area contributed by atoms with Crippen molar-refractivity contribution >= 4 is 22.5 Å². The Kier molecular flexibility index (Phi) is 6.69. The van der Waals surface area contributed by atoms with Gasteiger partial charge in [-0.15, -0.1) is 0 Å². The molecule has 1 aliphatic heterocycles. The van der Waals surface area contributed by atoms with Crippen molar-refractivity contribution in [1.29, 1.82) is 0 Å². The first-order valence-corrected chi connectivity index (χ1v) is 11.3. The molecule has 3 aromatic rings. The highest BCUT2D eigenvalue weighted by molar-refractivity contribution is 6.02. The molecule has 172 valence electrons. The first-order valence-electron chi connectivity index (χ1n) is 11.3. The second kappa shape index (κ2) is 9.84. The van der Waals surface area contributed by atoms with Gasteiger partial charge < -0.3 is 15.0 Å². The summed E-state index contributed by atoms with van der Waals surface area (Å²) < 4.78 is 19.2. The number of anilines is 2. The van der Waals surface area contributed by atoms with Crippen LogP contribution in [-0.4, -0.2) is 13.2 Å². The third-order valence-corrected chi connectivity index (χ3v) is 5.81. The Morgan fingerprint density at radius 1 is 1.03 bits per heavy atom. The fourth-order valence-corrected chi connectivity index (χ4v) is 4.08. The fraction of sp³-hybridized carbons (Fsp3) is 0.133. The molecule has 0 unspecified atom stereocenters. The van der Waals surface area contributed by atoms with E-state index in [1.807, 2.05) is 32.0 Å². The summed E-state index contributed by atoms with van der Waals surface area (Å²) in [6.45, 7) is 18.1. The van der Waals surface area contributed by atoms with Crippen LogP contribution in [0.15, 0.2) is 104 Å². The number of aryl methyl sites for hydroxylation is 1. The normalized spacial score (nSPS) is 12.6. The lowest BCUT2D eigenvalue weighted by Crippen LogP contribution is -2.26. The number of halogens is 1. The van der Waals surface area contributed by atoms with Gasteiger partial charge >= 0.3 is 0 Å². The summed E-state index contributed by atoms with van der Waals surface area (Å²) in [5.74, 6) is 0.570. The van der Waals surface area contributed by atoms with Gasteiger partial charge in [0.15, 0.2) is 0 Å². The average Bonchev–Trinajstić information content (AvgIpc) is 2.83.